The summed E-state index contributed by atoms with van der Waals surface area (Å²) < 4.78 is 7.07. The zero-order chi connectivity index (χ0) is 20.1. The van der Waals surface area contributed by atoms with Crippen molar-refractivity contribution >= 4 is 17.4 Å². The molecule has 0 saturated carbocycles. The van der Waals surface area contributed by atoms with Gasteiger partial charge in [-0.1, -0.05) is 18.2 Å². The molecule has 0 spiro atoms. The number of imidazole rings is 1. The molecule has 0 aliphatic rings. The first kappa shape index (κ1) is 18.9. The Kier molecular flexibility index (Phi) is 5.54. The van der Waals surface area contributed by atoms with Crippen molar-refractivity contribution in [2.75, 3.05) is 12.4 Å². The Morgan fingerprint density at radius 2 is 2.04 bits per heavy atom. The van der Waals surface area contributed by atoms with Crippen LogP contribution in [-0.2, 0) is 7.05 Å². The van der Waals surface area contributed by atoms with Gasteiger partial charge in [0.1, 0.15) is 17.6 Å². The molecule has 0 radical (unpaired) electrons. The number of non-ortho nitro benzene ring substituents is 1. The number of amides is 2. The van der Waals surface area contributed by atoms with Gasteiger partial charge in [0.05, 0.1) is 12.0 Å². The molecule has 0 bridgehead atoms. The van der Waals surface area contributed by atoms with Gasteiger partial charge in [-0.3, -0.25) is 10.1 Å². The number of anilines is 1. The highest BCUT2D eigenvalue weighted by atomic mass is 16.6. The number of nitrogens with one attached hydrogen (secondary N) is 2. The predicted octanol–water partition coefficient (Wildman–Crippen LogP) is 3.25. The molecule has 3 rings (SSSR count). The fraction of sp³-hybridized carbons (Fsp3) is 0.158. The summed E-state index contributed by atoms with van der Waals surface area (Å²) in [7, 11) is 3.40. The minimum atomic E-state index is -0.547. The van der Waals surface area contributed by atoms with Gasteiger partial charge in [-0.05, 0) is 23.8 Å². The zero-order valence-corrected chi connectivity index (χ0v) is 15.3. The molecule has 9 heteroatoms. The van der Waals surface area contributed by atoms with Crippen molar-refractivity contribution < 1.29 is 14.5 Å². The molecule has 3 aromatic rings. The van der Waals surface area contributed by atoms with E-state index in [9.17, 15) is 14.9 Å². The third-order valence-electron chi connectivity index (χ3n) is 4.13. The van der Waals surface area contributed by atoms with Crippen molar-refractivity contribution in [2.45, 2.75) is 6.04 Å². The Hall–Kier alpha value is -3.88. The molecule has 28 heavy (non-hydrogen) atoms. The van der Waals surface area contributed by atoms with E-state index in [4.69, 9.17) is 4.74 Å². The number of nitro groups is 1. The average molecular weight is 381 g/mol. The van der Waals surface area contributed by atoms with Crippen molar-refractivity contribution in [1.29, 1.82) is 0 Å². The molecular formula is C19H19N5O4. The van der Waals surface area contributed by atoms with E-state index in [-0.39, 0.29) is 5.69 Å². The maximum Gasteiger partial charge on any atom is 0.320 e. The van der Waals surface area contributed by atoms with Gasteiger partial charge >= 0.3 is 6.03 Å². The Morgan fingerprint density at radius 3 is 2.71 bits per heavy atom. The first-order valence-electron chi connectivity index (χ1n) is 8.41. The fourth-order valence-corrected chi connectivity index (χ4v) is 2.77. The SMILES string of the molecule is COc1cccc(C(NC(=O)Nc2cccc([N+](=O)[O-])c2)c2nccn2C)c1. The number of nitro benzene ring substituents is 1. The largest absolute Gasteiger partial charge is 0.497 e. The molecule has 0 fully saturated rings. The molecule has 0 aliphatic carbocycles. The highest BCUT2D eigenvalue weighted by Crippen LogP contribution is 2.24. The van der Waals surface area contributed by atoms with Crippen LogP contribution in [0.1, 0.15) is 17.4 Å². The van der Waals surface area contributed by atoms with E-state index in [0.29, 0.717) is 17.3 Å². The third kappa shape index (κ3) is 4.26. The Balaban J connectivity index is 1.85. The van der Waals surface area contributed by atoms with Gasteiger partial charge in [-0.15, -0.1) is 0 Å². The number of benzene rings is 2. The first-order valence-corrected chi connectivity index (χ1v) is 8.41. The molecule has 2 amide bonds. The van der Waals surface area contributed by atoms with Crippen LogP contribution in [0.2, 0.25) is 0 Å². The van der Waals surface area contributed by atoms with Gasteiger partial charge in [0.2, 0.25) is 0 Å². The van der Waals surface area contributed by atoms with E-state index >= 15 is 0 Å². The fourth-order valence-electron chi connectivity index (χ4n) is 2.77. The lowest BCUT2D eigenvalue weighted by Crippen LogP contribution is -2.34. The van der Waals surface area contributed by atoms with E-state index < -0.39 is 17.0 Å². The lowest BCUT2D eigenvalue weighted by atomic mass is 10.1. The first-order chi connectivity index (χ1) is 13.5. The lowest BCUT2D eigenvalue weighted by Gasteiger charge is -2.20. The quantitative estimate of drug-likeness (QED) is 0.503. The number of urea groups is 1. The summed E-state index contributed by atoms with van der Waals surface area (Å²) in [6, 6.07) is 12.0. The molecule has 9 nitrogen and oxygen atoms in total. The van der Waals surface area contributed by atoms with E-state index in [2.05, 4.69) is 15.6 Å². The summed E-state index contributed by atoms with van der Waals surface area (Å²) in [5, 5.41) is 16.4. The predicted molar refractivity (Wildman–Crippen MR) is 103 cm³/mol. The van der Waals surface area contributed by atoms with Crippen molar-refractivity contribution in [1.82, 2.24) is 14.9 Å². The number of methoxy groups -OCH3 is 1. The number of aryl methyl sites for hydroxylation is 1. The average Bonchev–Trinajstić information content (AvgIpc) is 3.12. The van der Waals surface area contributed by atoms with Crippen LogP contribution in [0.15, 0.2) is 60.9 Å². The van der Waals surface area contributed by atoms with E-state index in [1.54, 1.807) is 30.1 Å². The third-order valence-corrected chi connectivity index (χ3v) is 4.13. The summed E-state index contributed by atoms with van der Waals surface area (Å²) in [5.74, 6) is 1.28. The number of nitrogens with zero attached hydrogens (tertiary/aromatic N) is 3. The maximum atomic E-state index is 12.6. The summed E-state index contributed by atoms with van der Waals surface area (Å²) in [6.07, 6.45) is 3.42. The number of aromatic nitrogens is 2. The zero-order valence-electron chi connectivity index (χ0n) is 15.3. The number of carbonyl (C=O) groups excluding carboxylic acids is 1. The van der Waals surface area contributed by atoms with Crippen LogP contribution < -0.4 is 15.4 Å². The highest BCUT2D eigenvalue weighted by molar-refractivity contribution is 5.90. The molecule has 1 aromatic heterocycles. The number of hydrogen-bond donors (Lipinski definition) is 2. The standard InChI is InChI=1S/C19H19N5O4/c1-23-10-9-20-18(23)17(13-5-3-8-16(11-13)28-2)22-19(25)21-14-6-4-7-15(12-14)24(26)27/h3-12,17H,1-2H3,(H2,21,22,25). The molecule has 0 saturated heterocycles. The topological polar surface area (TPSA) is 111 Å². The van der Waals surface area contributed by atoms with Gasteiger partial charge in [0, 0.05) is 37.3 Å². The van der Waals surface area contributed by atoms with Crippen LogP contribution >= 0.6 is 0 Å². The summed E-state index contributed by atoms with van der Waals surface area (Å²) in [6.45, 7) is 0. The van der Waals surface area contributed by atoms with Crippen LogP contribution in [-0.4, -0.2) is 27.6 Å². The van der Waals surface area contributed by atoms with Gasteiger partial charge in [0.15, 0.2) is 0 Å². The Labute approximate surface area is 161 Å². The number of rotatable bonds is 6. The van der Waals surface area contributed by atoms with Crippen LogP contribution in [0, 0.1) is 10.1 Å². The molecule has 1 atom stereocenters. The molecular weight excluding hydrogens is 362 g/mol. The van der Waals surface area contributed by atoms with Gasteiger partial charge in [-0.25, -0.2) is 9.78 Å². The highest BCUT2D eigenvalue weighted by Gasteiger charge is 2.21. The summed E-state index contributed by atoms with van der Waals surface area (Å²) in [4.78, 5) is 27.3. The summed E-state index contributed by atoms with van der Waals surface area (Å²) >= 11 is 0. The summed E-state index contributed by atoms with van der Waals surface area (Å²) in [5.41, 5.74) is 0.991. The van der Waals surface area contributed by atoms with Crippen LogP contribution in [0.4, 0.5) is 16.2 Å². The minimum absolute atomic E-state index is 0.105. The normalized spacial score (nSPS) is 11.5. The van der Waals surface area contributed by atoms with E-state index in [0.717, 1.165) is 5.56 Å². The second kappa shape index (κ2) is 8.21. The van der Waals surface area contributed by atoms with Crippen LogP contribution in [0.5, 0.6) is 5.75 Å². The maximum absolute atomic E-state index is 12.6. The molecule has 144 valence electrons. The van der Waals surface area contributed by atoms with Crippen LogP contribution in [0.25, 0.3) is 0 Å². The number of carbonyl (C=O) groups is 1. The van der Waals surface area contributed by atoms with E-state index in [1.807, 2.05) is 31.3 Å². The van der Waals surface area contributed by atoms with Crippen molar-refractivity contribution in [3.8, 4) is 5.75 Å². The van der Waals surface area contributed by atoms with Crippen molar-refractivity contribution in [3.05, 3.63) is 82.4 Å². The monoisotopic (exact) mass is 381 g/mol. The van der Waals surface area contributed by atoms with Gasteiger partial charge in [-0.2, -0.15) is 0 Å². The molecule has 2 aromatic carbocycles. The smallest absolute Gasteiger partial charge is 0.320 e. The van der Waals surface area contributed by atoms with E-state index in [1.165, 1.54) is 18.2 Å². The molecule has 1 unspecified atom stereocenters. The molecule has 1 heterocycles. The Bertz CT molecular complexity index is 1000. The van der Waals surface area contributed by atoms with Crippen LogP contribution in [0.3, 0.4) is 0 Å². The van der Waals surface area contributed by atoms with Gasteiger partial charge in [0.25, 0.3) is 5.69 Å². The van der Waals surface area contributed by atoms with Crippen molar-refractivity contribution in [3.63, 3.8) is 0 Å². The number of hydrogen-bond acceptors (Lipinski definition) is 5. The molecule has 2 N–H and O–H groups in total. The lowest BCUT2D eigenvalue weighted by molar-refractivity contribution is -0.384. The Morgan fingerprint density at radius 1 is 1.25 bits per heavy atom. The van der Waals surface area contributed by atoms with Crippen molar-refractivity contribution in [2.24, 2.45) is 7.05 Å². The second-order valence-corrected chi connectivity index (χ2v) is 6.01. The second-order valence-electron chi connectivity index (χ2n) is 6.01. The minimum Gasteiger partial charge on any atom is -0.497 e. The number of ether oxygens (including phenoxy) is 1. The van der Waals surface area contributed by atoms with Gasteiger partial charge < -0.3 is 19.9 Å². The molecule has 0 aliphatic heterocycles.